The van der Waals surface area contributed by atoms with E-state index < -0.39 is 14.6 Å². The molecule has 0 aliphatic carbocycles. The van der Waals surface area contributed by atoms with Gasteiger partial charge in [-0.05, 0) is 20.3 Å². The maximum absolute atomic E-state index is 12.1. The summed E-state index contributed by atoms with van der Waals surface area (Å²) >= 11 is 0. The van der Waals surface area contributed by atoms with E-state index in [-0.39, 0.29) is 5.91 Å². The SMILES string of the molecule is CCCN(CCN)C(=O)C(C)(C)S(C)(=O)=O. The van der Waals surface area contributed by atoms with Crippen molar-refractivity contribution in [2.45, 2.75) is 31.9 Å². The third kappa shape index (κ3) is 3.45. The van der Waals surface area contributed by atoms with Crippen LogP contribution >= 0.6 is 0 Å². The molecule has 0 aromatic carbocycles. The monoisotopic (exact) mass is 250 g/mol. The van der Waals surface area contributed by atoms with Gasteiger partial charge in [-0.2, -0.15) is 0 Å². The summed E-state index contributed by atoms with van der Waals surface area (Å²) in [5, 5.41) is 0. The van der Waals surface area contributed by atoms with E-state index in [2.05, 4.69) is 0 Å². The van der Waals surface area contributed by atoms with Gasteiger partial charge < -0.3 is 10.6 Å². The molecule has 0 rings (SSSR count). The Bertz CT molecular complexity index is 330. The predicted molar refractivity (Wildman–Crippen MR) is 64.8 cm³/mol. The largest absolute Gasteiger partial charge is 0.340 e. The highest BCUT2D eigenvalue weighted by atomic mass is 32.2. The molecule has 0 unspecified atom stereocenters. The zero-order chi connectivity index (χ0) is 13.0. The van der Waals surface area contributed by atoms with Crippen LogP contribution in [-0.2, 0) is 14.6 Å². The lowest BCUT2D eigenvalue weighted by atomic mass is 10.1. The van der Waals surface area contributed by atoms with Crippen LogP contribution in [0.15, 0.2) is 0 Å². The zero-order valence-corrected chi connectivity index (χ0v) is 11.3. The minimum absolute atomic E-state index is 0.339. The van der Waals surface area contributed by atoms with Crippen molar-refractivity contribution in [2.75, 3.05) is 25.9 Å². The second-order valence-corrected chi connectivity index (χ2v) is 6.93. The Balaban J connectivity index is 5.00. The van der Waals surface area contributed by atoms with Crippen molar-refractivity contribution in [1.29, 1.82) is 0 Å². The Morgan fingerprint density at radius 1 is 1.31 bits per heavy atom. The molecule has 2 N–H and O–H groups in total. The molecule has 0 bridgehead atoms. The lowest BCUT2D eigenvalue weighted by Crippen LogP contribution is -2.51. The average Bonchev–Trinajstić information content (AvgIpc) is 2.14. The van der Waals surface area contributed by atoms with Gasteiger partial charge in [0.25, 0.3) is 0 Å². The van der Waals surface area contributed by atoms with Crippen LogP contribution in [0.5, 0.6) is 0 Å². The van der Waals surface area contributed by atoms with Crippen LogP contribution in [0.2, 0.25) is 0 Å². The smallest absolute Gasteiger partial charge is 0.243 e. The van der Waals surface area contributed by atoms with Gasteiger partial charge in [-0.3, -0.25) is 4.79 Å². The van der Waals surface area contributed by atoms with Crippen LogP contribution in [0.25, 0.3) is 0 Å². The van der Waals surface area contributed by atoms with Crippen LogP contribution in [0, 0.1) is 0 Å². The van der Waals surface area contributed by atoms with E-state index in [1.165, 1.54) is 18.7 Å². The summed E-state index contributed by atoms with van der Waals surface area (Å²) < 4.78 is 21.7. The molecule has 1 amide bonds. The molecule has 0 heterocycles. The highest BCUT2D eigenvalue weighted by Gasteiger charge is 2.40. The van der Waals surface area contributed by atoms with Gasteiger partial charge in [0.05, 0.1) is 0 Å². The molecule has 16 heavy (non-hydrogen) atoms. The standard InChI is InChI=1S/C10H22N2O3S/c1-5-7-12(8-6-11)9(13)10(2,3)16(4,14)15/h5-8,11H2,1-4H3. The van der Waals surface area contributed by atoms with Gasteiger partial charge >= 0.3 is 0 Å². The second kappa shape index (κ2) is 5.63. The normalized spacial score (nSPS) is 12.6. The van der Waals surface area contributed by atoms with Crippen molar-refractivity contribution in [3.05, 3.63) is 0 Å². The summed E-state index contributed by atoms with van der Waals surface area (Å²) in [6, 6.07) is 0. The van der Waals surface area contributed by atoms with E-state index in [1.54, 1.807) is 0 Å². The van der Waals surface area contributed by atoms with Gasteiger partial charge in [-0.15, -0.1) is 0 Å². The van der Waals surface area contributed by atoms with Crippen LogP contribution in [0.1, 0.15) is 27.2 Å². The maximum Gasteiger partial charge on any atom is 0.243 e. The Morgan fingerprint density at radius 2 is 1.81 bits per heavy atom. The van der Waals surface area contributed by atoms with Crippen molar-refractivity contribution in [3.8, 4) is 0 Å². The summed E-state index contributed by atoms with van der Waals surface area (Å²) in [4.78, 5) is 13.6. The molecule has 0 atom stereocenters. The molecule has 0 aliphatic heterocycles. The van der Waals surface area contributed by atoms with Crippen molar-refractivity contribution in [2.24, 2.45) is 5.73 Å². The summed E-state index contributed by atoms with van der Waals surface area (Å²) in [6.45, 7) is 6.07. The molecular weight excluding hydrogens is 228 g/mol. The van der Waals surface area contributed by atoms with Crippen molar-refractivity contribution >= 4 is 15.7 Å². The number of nitrogens with two attached hydrogens (primary N) is 1. The van der Waals surface area contributed by atoms with E-state index >= 15 is 0 Å². The van der Waals surface area contributed by atoms with Gasteiger partial charge in [0.1, 0.15) is 4.75 Å². The number of hydrogen-bond donors (Lipinski definition) is 1. The van der Waals surface area contributed by atoms with Gasteiger partial charge in [0.15, 0.2) is 9.84 Å². The first kappa shape index (κ1) is 15.4. The quantitative estimate of drug-likeness (QED) is 0.720. The number of carbonyl (C=O) groups is 1. The number of hydrogen-bond acceptors (Lipinski definition) is 4. The first-order valence-electron chi connectivity index (χ1n) is 5.37. The van der Waals surface area contributed by atoms with Crippen molar-refractivity contribution in [3.63, 3.8) is 0 Å². The fourth-order valence-electron chi connectivity index (χ4n) is 1.28. The fraction of sp³-hybridized carbons (Fsp3) is 0.900. The van der Waals surface area contributed by atoms with Crippen molar-refractivity contribution < 1.29 is 13.2 Å². The van der Waals surface area contributed by atoms with E-state index in [0.717, 1.165) is 12.7 Å². The molecule has 0 spiro atoms. The summed E-state index contributed by atoms with van der Waals surface area (Å²) in [6.07, 6.45) is 1.86. The predicted octanol–water partition coefficient (Wildman–Crippen LogP) is 0.00690. The minimum atomic E-state index is -3.42. The van der Waals surface area contributed by atoms with E-state index in [4.69, 9.17) is 5.73 Å². The van der Waals surface area contributed by atoms with Crippen LogP contribution in [-0.4, -0.2) is 49.9 Å². The molecule has 0 radical (unpaired) electrons. The Kier molecular flexibility index (Phi) is 5.41. The number of amides is 1. The van der Waals surface area contributed by atoms with Crippen LogP contribution in [0.4, 0.5) is 0 Å². The summed E-state index contributed by atoms with van der Waals surface area (Å²) in [7, 11) is -3.42. The molecular formula is C10H22N2O3S. The van der Waals surface area contributed by atoms with Gasteiger partial charge in [0.2, 0.25) is 5.91 Å². The van der Waals surface area contributed by atoms with E-state index in [9.17, 15) is 13.2 Å². The van der Waals surface area contributed by atoms with Crippen molar-refractivity contribution in [1.82, 2.24) is 4.90 Å². The lowest BCUT2D eigenvalue weighted by molar-refractivity contribution is -0.133. The molecule has 0 saturated carbocycles. The minimum Gasteiger partial charge on any atom is -0.340 e. The number of carbonyl (C=O) groups excluding carboxylic acids is 1. The van der Waals surface area contributed by atoms with E-state index in [1.807, 2.05) is 6.92 Å². The van der Waals surface area contributed by atoms with E-state index in [0.29, 0.717) is 19.6 Å². The number of nitrogens with zero attached hydrogens (tertiary/aromatic N) is 1. The summed E-state index contributed by atoms with van der Waals surface area (Å²) in [5.74, 6) is -0.373. The molecule has 5 nitrogen and oxygen atoms in total. The molecule has 0 fully saturated rings. The maximum atomic E-state index is 12.1. The Labute approximate surface area is 97.9 Å². The first-order chi connectivity index (χ1) is 7.18. The highest BCUT2D eigenvalue weighted by molar-refractivity contribution is 7.92. The Morgan fingerprint density at radius 3 is 2.12 bits per heavy atom. The van der Waals surface area contributed by atoms with Crippen LogP contribution in [0.3, 0.4) is 0 Å². The van der Waals surface area contributed by atoms with Crippen LogP contribution < -0.4 is 5.73 Å². The number of sulfone groups is 1. The third-order valence-corrected chi connectivity index (χ3v) is 4.65. The fourth-order valence-corrected chi connectivity index (χ4v) is 1.73. The van der Waals surface area contributed by atoms with Gasteiger partial charge in [0, 0.05) is 25.9 Å². The highest BCUT2D eigenvalue weighted by Crippen LogP contribution is 2.18. The molecule has 96 valence electrons. The first-order valence-corrected chi connectivity index (χ1v) is 7.26. The van der Waals surface area contributed by atoms with Gasteiger partial charge in [-0.25, -0.2) is 8.42 Å². The second-order valence-electron chi connectivity index (χ2n) is 4.36. The molecule has 0 saturated heterocycles. The molecule has 0 aromatic rings. The summed E-state index contributed by atoms with van der Waals surface area (Å²) in [5.41, 5.74) is 5.41. The topological polar surface area (TPSA) is 80.5 Å². The van der Waals surface area contributed by atoms with Gasteiger partial charge in [-0.1, -0.05) is 6.92 Å². The molecule has 0 aromatic heterocycles. The third-order valence-electron chi connectivity index (χ3n) is 2.62. The molecule has 6 heteroatoms. The Hall–Kier alpha value is -0.620. The zero-order valence-electron chi connectivity index (χ0n) is 10.5. The number of rotatable bonds is 6. The lowest BCUT2D eigenvalue weighted by Gasteiger charge is -2.30. The average molecular weight is 250 g/mol. The molecule has 0 aliphatic rings.